The summed E-state index contributed by atoms with van der Waals surface area (Å²) >= 11 is 0. The first-order chi connectivity index (χ1) is 13.1. The van der Waals surface area contributed by atoms with Crippen molar-refractivity contribution in [3.8, 4) is 11.8 Å². The summed E-state index contributed by atoms with van der Waals surface area (Å²) in [7, 11) is 3.40. The van der Waals surface area contributed by atoms with Gasteiger partial charge in [-0.05, 0) is 48.4 Å². The van der Waals surface area contributed by atoms with Gasteiger partial charge in [-0.15, -0.1) is 4.73 Å². The van der Waals surface area contributed by atoms with E-state index >= 15 is 0 Å². The molecule has 1 aromatic carbocycles. The minimum Gasteiger partial charge on any atom is -0.492 e. The van der Waals surface area contributed by atoms with Gasteiger partial charge in [0, 0.05) is 29.1 Å². The number of aromatic nitrogens is 2. The lowest BCUT2D eigenvalue weighted by Gasteiger charge is -2.14. The van der Waals surface area contributed by atoms with Crippen LogP contribution in [0.5, 0.6) is 11.8 Å². The summed E-state index contributed by atoms with van der Waals surface area (Å²) in [4.78, 5) is 9.93. The van der Waals surface area contributed by atoms with Crippen LogP contribution in [-0.4, -0.2) is 19.9 Å². The highest BCUT2D eigenvalue weighted by Crippen LogP contribution is 2.41. The normalized spacial score (nSPS) is 12.7. The van der Waals surface area contributed by atoms with Gasteiger partial charge in [-0.3, -0.25) is 0 Å². The van der Waals surface area contributed by atoms with Crippen LogP contribution in [0.1, 0.15) is 30.2 Å². The molecular weight excluding hydrogens is 380 g/mol. The van der Waals surface area contributed by atoms with Crippen molar-refractivity contribution in [3.63, 3.8) is 0 Å². The van der Waals surface area contributed by atoms with Crippen molar-refractivity contribution in [1.82, 2.24) is 9.71 Å². The SMILES string of the molecule is CC=C(On1c(O)ccc1O)c1ccc(C(C)SSc2ccccn2)cc1. The molecule has 140 valence electrons. The fraction of sp³-hybridized carbons (Fsp3) is 0.150. The molecule has 5 nitrogen and oxygen atoms in total. The van der Waals surface area contributed by atoms with Gasteiger partial charge in [-0.25, -0.2) is 4.98 Å². The molecule has 7 heteroatoms. The molecule has 0 saturated heterocycles. The second-order valence-electron chi connectivity index (χ2n) is 5.70. The van der Waals surface area contributed by atoms with Crippen LogP contribution >= 0.6 is 21.6 Å². The Labute approximate surface area is 166 Å². The summed E-state index contributed by atoms with van der Waals surface area (Å²) in [5.74, 6) is 0.201. The zero-order valence-corrected chi connectivity index (χ0v) is 16.6. The Morgan fingerprint density at radius 2 is 1.78 bits per heavy atom. The number of hydrogen-bond acceptors (Lipinski definition) is 6. The van der Waals surface area contributed by atoms with Gasteiger partial charge in [0.2, 0.25) is 11.8 Å². The van der Waals surface area contributed by atoms with Gasteiger partial charge in [0.05, 0.1) is 0 Å². The molecule has 0 saturated carbocycles. The van der Waals surface area contributed by atoms with Gasteiger partial charge in [-0.2, -0.15) is 0 Å². The van der Waals surface area contributed by atoms with Crippen molar-refractivity contribution in [2.24, 2.45) is 0 Å². The topological polar surface area (TPSA) is 67.5 Å². The van der Waals surface area contributed by atoms with Gasteiger partial charge in [0.15, 0.2) is 5.76 Å². The Bertz CT molecular complexity index is 889. The Hall–Kier alpha value is -2.51. The lowest BCUT2D eigenvalue weighted by atomic mass is 10.1. The number of rotatable bonds is 7. The monoisotopic (exact) mass is 400 g/mol. The fourth-order valence-corrected chi connectivity index (χ4v) is 4.46. The minimum absolute atomic E-state index is 0.167. The Balaban J connectivity index is 1.66. The van der Waals surface area contributed by atoms with Crippen molar-refractivity contribution in [2.45, 2.75) is 24.1 Å². The lowest BCUT2D eigenvalue weighted by Crippen LogP contribution is -2.09. The third-order valence-corrected chi connectivity index (χ3v) is 6.57. The van der Waals surface area contributed by atoms with Crippen molar-refractivity contribution in [3.05, 3.63) is 78.0 Å². The molecule has 2 N–H and O–H groups in total. The molecule has 2 aromatic heterocycles. The quantitative estimate of drug-likeness (QED) is 0.415. The number of nitrogens with zero attached hydrogens (tertiary/aromatic N) is 2. The molecule has 2 heterocycles. The highest BCUT2D eigenvalue weighted by molar-refractivity contribution is 8.76. The fourth-order valence-electron chi connectivity index (χ4n) is 2.36. The molecule has 0 fully saturated rings. The van der Waals surface area contributed by atoms with E-state index in [9.17, 15) is 10.2 Å². The second kappa shape index (κ2) is 8.92. The molecule has 1 atom stereocenters. The predicted molar refractivity (Wildman–Crippen MR) is 111 cm³/mol. The summed E-state index contributed by atoms with van der Waals surface area (Å²) < 4.78 is 0.977. The zero-order chi connectivity index (χ0) is 19.2. The summed E-state index contributed by atoms with van der Waals surface area (Å²) in [6.07, 6.45) is 3.57. The van der Waals surface area contributed by atoms with Crippen LogP contribution in [0.15, 0.2) is 71.9 Å². The average Bonchev–Trinajstić information content (AvgIpc) is 3.02. The number of benzene rings is 1. The summed E-state index contributed by atoms with van der Waals surface area (Å²) in [6, 6.07) is 16.6. The number of allylic oxidation sites excluding steroid dienone is 1. The molecular formula is C20H20N2O3S2. The van der Waals surface area contributed by atoms with E-state index in [0.29, 0.717) is 11.0 Å². The minimum atomic E-state index is -0.167. The molecule has 0 aliphatic heterocycles. The molecule has 0 amide bonds. The van der Waals surface area contributed by atoms with E-state index in [1.54, 1.807) is 33.9 Å². The van der Waals surface area contributed by atoms with E-state index in [0.717, 1.165) is 15.3 Å². The molecule has 1 unspecified atom stereocenters. The molecule has 3 aromatic rings. The molecule has 0 aliphatic rings. The van der Waals surface area contributed by atoms with Crippen molar-refractivity contribution in [2.75, 3.05) is 0 Å². The van der Waals surface area contributed by atoms with Gasteiger partial charge < -0.3 is 15.1 Å². The maximum Gasteiger partial charge on any atom is 0.229 e. The Morgan fingerprint density at radius 1 is 1.07 bits per heavy atom. The van der Waals surface area contributed by atoms with E-state index in [1.165, 1.54) is 17.7 Å². The van der Waals surface area contributed by atoms with Gasteiger partial charge in [0.25, 0.3) is 0 Å². The van der Waals surface area contributed by atoms with Crippen LogP contribution < -0.4 is 4.84 Å². The molecule has 3 rings (SSSR count). The van der Waals surface area contributed by atoms with Crippen LogP contribution in [-0.2, 0) is 0 Å². The first-order valence-corrected chi connectivity index (χ1v) is 10.6. The molecule has 27 heavy (non-hydrogen) atoms. The molecule has 0 radical (unpaired) electrons. The molecule has 0 bridgehead atoms. The van der Waals surface area contributed by atoms with Gasteiger partial charge in [-0.1, -0.05) is 41.1 Å². The third-order valence-electron chi connectivity index (χ3n) is 3.83. The van der Waals surface area contributed by atoms with Crippen LogP contribution in [0.3, 0.4) is 0 Å². The largest absolute Gasteiger partial charge is 0.492 e. The number of pyridine rings is 1. The second-order valence-corrected chi connectivity index (χ2v) is 8.26. The van der Waals surface area contributed by atoms with E-state index in [-0.39, 0.29) is 11.8 Å². The summed E-state index contributed by atoms with van der Waals surface area (Å²) in [6.45, 7) is 3.99. The Morgan fingerprint density at radius 3 is 2.37 bits per heavy atom. The standard InChI is InChI=1S/C20H20N2O3S2/c1-3-17(25-22-19(23)11-12-20(22)24)16-9-7-15(8-10-16)14(2)26-27-18-6-4-5-13-21-18/h3-14,23-24H,1-2H3. The van der Waals surface area contributed by atoms with Crippen LogP contribution in [0.4, 0.5) is 0 Å². The first kappa shape index (κ1) is 19.3. The zero-order valence-electron chi connectivity index (χ0n) is 14.9. The van der Waals surface area contributed by atoms with Crippen molar-refractivity contribution < 1.29 is 15.1 Å². The highest BCUT2D eigenvalue weighted by atomic mass is 33.1. The first-order valence-electron chi connectivity index (χ1n) is 8.37. The predicted octanol–water partition coefficient (Wildman–Crippen LogP) is 5.29. The molecule has 0 aliphatic carbocycles. The average molecular weight is 401 g/mol. The summed E-state index contributed by atoms with van der Waals surface area (Å²) in [5.41, 5.74) is 2.04. The van der Waals surface area contributed by atoms with Gasteiger partial charge in [0.1, 0.15) is 5.03 Å². The smallest absolute Gasteiger partial charge is 0.229 e. The lowest BCUT2D eigenvalue weighted by molar-refractivity contribution is 0.171. The maximum atomic E-state index is 9.73. The number of hydrogen-bond donors (Lipinski definition) is 2. The van der Waals surface area contributed by atoms with Crippen LogP contribution in [0, 0.1) is 0 Å². The summed E-state index contributed by atoms with van der Waals surface area (Å²) in [5, 5.41) is 20.7. The van der Waals surface area contributed by atoms with E-state index in [4.69, 9.17) is 4.84 Å². The number of aromatic hydroxyl groups is 2. The van der Waals surface area contributed by atoms with Crippen molar-refractivity contribution >= 4 is 27.3 Å². The van der Waals surface area contributed by atoms with Crippen LogP contribution in [0.2, 0.25) is 0 Å². The third kappa shape index (κ3) is 4.81. The molecule has 0 spiro atoms. The van der Waals surface area contributed by atoms with Crippen LogP contribution in [0.25, 0.3) is 5.76 Å². The Kier molecular flexibility index (Phi) is 6.36. The van der Waals surface area contributed by atoms with Gasteiger partial charge >= 0.3 is 0 Å². The van der Waals surface area contributed by atoms with E-state index in [2.05, 4.69) is 11.9 Å². The highest BCUT2D eigenvalue weighted by Gasteiger charge is 2.12. The maximum absolute atomic E-state index is 9.73. The van der Waals surface area contributed by atoms with Crippen molar-refractivity contribution in [1.29, 1.82) is 0 Å². The van der Waals surface area contributed by atoms with E-state index in [1.807, 2.05) is 49.4 Å². The van der Waals surface area contributed by atoms with E-state index < -0.39 is 0 Å².